The number of hydrogen-bond acceptors (Lipinski definition) is 4. The lowest BCUT2D eigenvalue weighted by Gasteiger charge is -2.38. The molecule has 2 aromatic rings. The molecule has 2 atom stereocenters. The van der Waals surface area contributed by atoms with Crippen LogP contribution in [-0.4, -0.2) is 33.2 Å². The second-order valence-electron chi connectivity index (χ2n) is 11.9. The van der Waals surface area contributed by atoms with E-state index in [1.807, 2.05) is 62.4 Å². The summed E-state index contributed by atoms with van der Waals surface area (Å²) in [6, 6.07) is 14.5. The molecule has 2 fully saturated rings. The summed E-state index contributed by atoms with van der Waals surface area (Å²) < 4.78 is 0. The van der Waals surface area contributed by atoms with Crippen molar-refractivity contribution in [3.63, 3.8) is 0 Å². The molecule has 2 aromatic carbocycles. The molecule has 2 aliphatic carbocycles. The van der Waals surface area contributed by atoms with Gasteiger partial charge in [-0.15, -0.1) is 0 Å². The van der Waals surface area contributed by atoms with Crippen LogP contribution in [-0.2, 0) is 9.59 Å². The monoisotopic (exact) mass is 534 g/mol. The number of aryl methyl sites for hydroxylation is 2. The van der Waals surface area contributed by atoms with Crippen molar-refractivity contribution in [2.75, 3.05) is 0 Å². The zero-order valence-corrected chi connectivity index (χ0v) is 23.7. The van der Waals surface area contributed by atoms with E-state index >= 15 is 0 Å². The number of aliphatic hydroxyl groups is 2. The maximum atomic E-state index is 13.4. The van der Waals surface area contributed by atoms with Crippen LogP contribution in [0.5, 0.6) is 0 Å². The van der Waals surface area contributed by atoms with Gasteiger partial charge in [-0.1, -0.05) is 99.9 Å². The first-order valence-corrected chi connectivity index (χ1v) is 14.9. The van der Waals surface area contributed by atoms with Crippen molar-refractivity contribution in [3.8, 4) is 0 Å². The summed E-state index contributed by atoms with van der Waals surface area (Å²) in [5.74, 6) is -0.843. The van der Waals surface area contributed by atoms with Crippen LogP contribution in [0.25, 0.3) is 0 Å². The fourth-order valence-corrected chi connectivity index (χ4v) is 6.65. The van der Waals surface area contributed by atoms with Gasteiger partial charge in [-0.25, -0.2) is 0 Å². The van der Waals surface area contributed by atoms with E-state index in [1.165, 1.54) is 0 Å². The van der Waals surface area contributed by atoms with Crippen LogP contribution >= 0.6 is 0 Å². The van der Waals surface area contributed by atoms with E-state index in [9.17, 15) is 19.8 Å². The Hall–Kier alpha value is -2.70. The number of hydrogen-bond donors (Lipinski definition) is 4. The Labute approximate surface area is 233 Å². The van der Waals surface area contributed by atoms with Gasteiger partial charge in [0.2, 0.25) is 11.8 Å². The van der Waals surface area contributed by atoms with E-state index < -0.39 is 35.1 Å². The molecule has 212 valence electrons. The van der Waals surface area contributed by atoms with E-state index in [1.54, 1.807) is 0 Å². The summed E-state index contributed by atoms with van der Waals surface area (Å²) in [6.07, 6.45) is 10.0. The lowest BCUT2D eigenvalue weighted by atomic mass is 9.80. The molecule has 0 aliphatic heterocycles. The summed E-state index contributed by atoms with van der Waals surface area (Å²) >= 11 is 0. The van der Waals surface area contributed by atoms with Crippen molar-refractivity contribution in [2.45, 2.75) is 121 Å². The van der Waals surface area contributed by atoms with Crippen LogP contribution in [0.1, 0.15) is 118 Å². The lowest BCUT2D eigenvalue weighted by Crippen LogP contribution is -2.49. The third-order valence-corrected chi connectivity index (χ3v) is 8.94. The highest BCUT2D eigenvalue weighted by Gasteiger charge is 2.41. The molecule has 2 saturated carbocycles. The van der Waals surface area contributed by atoms with Gasteiger partial charge in [-0.05, 0) is 61.8 Å². The topological polar surface area (TPSA) is 98.7 Å². The molecular formula is C33H46N2O4. The maximum Gasteiger partial charge on any atom is 0.230 e. The minimum Gasteiger partial charge on any atom is -0.387 e. The smallest absolute Gasteiger partial charge is 0.230 e. The van der Waals surface area contributed by atoms with Gasteiger partial charge >= 0.3 is 0 Å². The Morgan fingerprint density at radius 3 is 1.31 bits per heavy atom. The van der Waals surface area contributed by atoms with E-state index in [4.69, 9.17) is 0 Å². The first-order valence-electron chi connectivity index (χ1n) is 14.9. The van der Waals surface area contributed by atoms with Crippen molar-refractivity contribution in [1.82, 2.24) is 10.6 Å². The van der Waals surface area contributed by atoms with Gasteiger partial charge in [0.15, 0.2) is 0 Å². The summed E-state index contributed by atoms with van der Waals surface area (Å²) in [7, 11) is 0. The van der Waals surface area contributed by atoms with Gasteiger partial charge in [-0.3, -0.25) is 9.59 Å². The highest BCUT2D eigenvalue weighted by Crippen LogP contribution is 2.40. The van der Waals surface area contributed by atoms with Crippen LogP contribution < -0.4 is 10.6 Å². The SMILES string of the molecule is Cc1ccccc1[C@@H](NC(=O)CC(=O)N[C@H](c1ccccc1C)C1(O)CCCCCC1)C1(O)CCCCCC1. The molecular weight excluding hydrogens is 488 g/mol. The lowest BCUT2D eigenvalue weighted by molar-refractivity contribution is -0.133. The average Bonchev–Trinajstić information content (AvgIpc) is 3.27. The number of carbonyl (C=O) groups is 2. The summed E-state index contributed by atoms with van der Waals surface area (Å²) in [5.41, 5.74) is 1.66. The number of benzene rings is 2. The molecule has 2 aliphatic rings. The van der Waals surface area contributed by atoms with Crippen LogP contribution in [0.4, 0.5) is 0 Å². The predicted molar refractivity (Wildman–Crippen MR) is 154 cm³/mol. The maximum absolute atomic E-state index is 13.4. The minimum absolute atomic E-state index is 0.364. The third kappa shape index (κ3) is 7.29. The molecule has 6 heteroatoms. The Morgan fingerprint density at radius 2 is 0.974 bits per heavy atom. The van der Waals surface area contributed by atoms with Crippen LogP contribution in [0, 0.1) is 13.8 Å². The standard InChI is InChI=1S/C33H46N2O4/c1-24-15-7-9-17-26(24)30(32(38)19-11-3-4-12-20-32)34-28(36)23-29(37)35-31(27-18-10-8-16-25(27)2)33(39)21-13-5-6-14-22-33/h7-10,15-18,30-31,38-39H,3-6,11-14,19-23H2,1-2H3,(H,34,36)(H,35,37)/t30-,31-/m1/s1. The van der Waals surface area contributed by atoms with E-state index in [0.717, 1.165) is 73.6 Å². The molecule has 6 nitrogen and oxygen atoms in total. The summed E-state index contributed by atoms with van der Waals surface area (Å²) in [6.45, 7) is 3.98. The number of nitrogens with one attached hydrogen (secondary N) is 2. The number of carbonyl (C=O) groups excluding carboxylic acids is 2. The molecule has 0 bridgehead atoms. The van der Waals surface area contributed by atoms with E-state index in [-0.39, 0.29) is 6.42 Å². The fourth-order valence-electron chi connectivity index (χ4n) is 6.65. The second kappa shape index (κ2) is 13.1. The van der Waals surface area contributed by atoms with Gasteiger partial charge in [0.25, 0.3) is 0 Å². The molecule has 39 heavy (non-hydrogen) atoms. The summed E-state index contributed by atoms with van der Waals surface area (Å²) in [4.78, 5) is 26.7. The third-order valence-electron chi connectivity index (χ3n) is 8.94. The van der Waals surface area contributed by atoms with Crippen LogP contribution in [0.2, 0.25) is 0 Å². The van der Waals surface area contributed by atoms with E-state index in [0.29, 0.717) is 25.7 Å². The Balaban J connectivity index is 1.53. The normalized spacial score (nSPS) is 20.6. The van der Waals surface area contributed by atoms with Crippen molar-refractivity contribution in [2.24, 2.45) is 0 Å². The zero-order valence-electron chi connectivity index (χ0n) is 23.7. The molecule has 0 spiro atoms. The predicted octanol–water partition coefficient (Wildman–Crippen LogP) is 5.88. The Morgan fingerprint density at radius 1 is 0.641 bits per heavy atom. The van der Waals surface area contributed by atoms with Crippen molar-refractivity contribution in [1.29, 1.82) is 0 Å². The number of amides is 2. The quantitative estimate of drug-likeness (QED) is 0.251. The highest BCUT2D eigenvalue weighted by atomic mass is 16.3. The van der Waals surface area contributed by atoms with E-state index in [2.05, 4.69) is 10.6 Å². The highest BCUT2D eigenvalue weighted by molar-refractivity contribution is 5.97. The van der Waals surface area contributed by atoms with Crippen LogP contribution in [0.15, 0.2) is 48.5 Å². The molecule has 0 radical (unpaired) electrons. The first kappa shape index (κ1) is 29.3. The van der Waals surface area contributed by atoms with Gasteiger partial charge in [0.05, 0.1) is 23.3 Å². The largest absolute Gasteiger partial charge is 0.387 e. The minimum atomic E-state index is -1.06. The van der Waals surface area contributed by atoms with Gasteiger partial charge < -0.3 is 20.8 Å². The van der Waals surface area contributed by atoms with Crippen molar-refractivity contribution in [3.05, 3.63) is 70.8 Å². The van der Waals surface area contributed by atoms with Gasteiger partial charge in [0.1, 0.15) is 6.42 Å². The zero-order chi connectivity index (χ0) is 27.9. The average molecular weight is 535 g/mol. The molecule has 0 saturated heterocycles. The van der Waals surface area contributed by atoms with Crippen LogP contribution in [0.3, 0.4) is 0 Å². The second-order valence-corrected chi connectivity index (χ2v) is 11.9. The van der Waals surface area contributed by atoms with Gasteiger partial charge in [-0.2, -0.15) is 0 Å². The van der Waals surface area contributed by atoms with Crippen molar-refractivity contribution < 1.29 is 19.8 Å². The molecule has 2 amide bonds. The Kier molecular flexibility index (Phi) is 9.84. The first-order chi connectivity index (χ1) is 18.7. The number of rotatable bonds is 8. The molecule has 4 rings (SSSR count). The Bertz CT molecular complexity index is 1030. The fraction of sp³-hybridized carbons (Fsp3) is 0.576. The summed E-state index contributed by atoms with van der Waals surface area (Å²) in [5, 5.41) is 29.7. The molecule has 0 unspecified atom stereocenters. The van der Waals surface area contributed by atoms with Gasteiger partial charge in [0, 0.05) is 0 Å². The molecule has 0 aromatic heterocycles. The van der Waals surface area contributed by atoms with Crippen molar-refractivity contribution >= 4 is 11.8 Å². The molecule has 4 N–H and O–H groups in total. The molecule has 0 heterocycles.